The summed E-state index contributed by atoms with van der Waals surface area (Å²) in [6, 6.07) is 8.52. The number of aliphatic hydroxyl groups excluding tert-OH is 1. The van der Waals surface area contributed by atoms with Crippen LogP contribution in [0.2, 0.25) is 0 Å². The summed E-state index contributed by atoms with van der Waals surface area (Å²) in [5.41, 5.74) is 1.30. The van der Waals surface area contributed by atoms with Gasteiger partial charge in [-0.2, -0.15) is 0 Å². The summed E-state index contributed by atoms with van der Waals surface area (Å²) >= 11 is 0. The zero-order valence-corrected chi connectivity index (χ0v) is 11.5. The molecule has 1 heterocycles. The second-order valence-electron chi connectivity index (χ2n) is 5.16. The van der Waals surface area contributed by atoms with E-state index in [1.807, 2.05) is 18.5 Å². The molecule has 0 radical (unpaired) electrons. The van der Waals surface area contributed by atoms with E-state index in [0.29, 0.717) is 12.5 Å². The molecular weight excluding hydrogens is 236 g/mol. The highest BCUT2D eigenvalue weighted by molar-refractivity contribution is 5.81. The summed E-state index contributed by atoms with van der Waals surface area (Å²) in [4.78, 5) is 4.12. The Morgan fingerprint density at radius 2 is 2.16 bits per heavy atom. The standard InChI is InChI=1S/C16H22N2O/c1-13(12-19)3-2-7-17-10-14-4-5-16-11-18-8-6-15(16)9-14/h4-6,8-9,11,13,17,19H,2-3,7,10,12H2,1H3. The number of hydrogen-bond acceptors (Lipinski definition) is 3. The molecular formula is C16H22N2O. The Hall–Kier alpha value is -1.45. The quantitative estimate of drug-likeness (QED) is 0.751. The van der Waals surface area contributed by atoms with Crippen molar-refractivity contribution in [2.24, 2.45) is 5.92 Å². The normalized spacial score (nSPS) is 12.7. The molecule has 2 N–H and O–H groups in total. The van der Waals surface area contributed by atoms with Crippen LogP contribution in [0, 0.1) is 5.92 Å². The second-order valence-corrected chi connectivity index (χ2v) is 5.16. The molecule has 0 aliphatic carbocycles. The van der Waals surface area contributed by atoms with Crippen LogP contribution in [-0.4, -0.2) is 23.2 Å². The molecule has 3 nitrogen and oxygen atoms in total. The van der Waals surface area contributed by atoms with E-state index in [1.54, 1.807) is 0 Å². The number of fused-ring (bicyclic) bond motifs is 1. The molecule has 2 aromatic rings. The van der Waals surface area contributed by atoms with Crippen LogP contribution in [0.4, 0.5) is 0 Å². The van der Waals surface area contributed by atoms with Gasteiger partial charge in [-0.3, -0.25) is 4.98 Å². The predicted octanol–water partition coefficient (Wildman–Crippen LogP) is 2.73. The van der Waals surface area contributed by atoms with Crippen molar-refractivity contribution in [2.45, 2.75) is 26.3 Å². The van der Waals surface area contributed by atoms with Gasteiger partial charge in [-0.05, 0) is 48.4 Å². The first-order valence-electron chi connectivity index (χ1n) is 6.94. The third-order valence-electron chi connectivity index (χ3n) is 3.40. The highest BCUT2D eigenvalue weighted by atomic mass is 16.3. The SMILES string of the molecule is CC(CO)CCCNCc1ccc2cnccc2c1. The number of benzene rings is 1. The number of pyridine rings is 1. The van der Waals surface area contributed by atoms with Gasteiger partial charge in [-0.25, -0.2) is 0 Å². The van der Waals surface area contributed by atoms with Gasteiger partial charge in [-0.1, -0.05) is 19.1 Å². The van der Waals surface area contributed by atoms with E-state index in [1.165, 1.54) is 16.3 Å². The Morgan fingerprint density at radius 3 is 3.00 bits per heavy atom. The number of nitrogens with one attached hydrogen (secondary N) is 1. The molecule has 2 rings (SSSR count). The van der Waals surface area contributed by atoms with E-state index in [2.05, 4.69) is 35.4 Å². The number of nitrogens with zero attached hydrogens (tertiary/aromatic N) is 1. The summed E-state index contributed by atoms with van der Waals surface area (Å²) in [6.45, 7) is 4.26. The van der Waals surface area contributed by atoms with Crippen molar-refractivity contribution in [3.8, 4) is 0 Å². The molecule has 0 spiro atoms. The minimum atomic E-state index is 0.290. The number of aliphatic hydroxyl groups is 1. The van der Waals surface area contributed by atoms with E-state index in [9.17, 15) is 0 Å². The first kappa shape index (κ1) is 14.0. The fourth-order valence-electron chi connectivity index (χ4n) is 2.14. The maximum absolute atomic E-state index is 8.94. The average Bonchev–Trinajstić information content (AvgIpc) is 2.46. The molecule has 0 aliphatic heterocycles. The number of hydrogen-bond donors (Lipinski definition) is 2. The van der Waals surface area contributed by atoms with Crippen LogP contribution in [0.15, 0.2) is 36.7 Å². The van der Waals surface area contributed by atoms with Crippen LogP contribution in [-0.2, 0) is 6.54 Å². The molecule has 0 fully saturated rings. The lowest BCUT2D eigenvalue weighted by Gasteiger charge is -2.09. The average molecular weight is 258 g/mol. The van der Waals surface area contributed by atoms with Crippen molar-refractivity contribution in [1.29, 1.82) is 0 Å². The number of aromatic nitrogens is 1. The molecule has 102 valence electrons. The molecule has 1 unspecified atom stereocenters. The van der Waals surface area contributed by atoms with Gasteiger partial charge < -0.3 is 10.4 Å². The fourth-order valence-corrected chi connectivity index (χ4v) is 2.14. The highest BCUT2D eigenvalue weighted by Crippen LogP contribution is 2.14. The smallest absolute Gasteiger partial charge is 0.0456 e. The molecule has 3 heteroatoms. The Morgan fingerprint density at radius 1 is 1.26 bits per heavy atom. The summed E-state index contributed by atoms with van der Waals surface area (Å²) in [7, 11) is 0. The summed E-state index contributed by atoms with van der Waals surface area (Å²) < 4.78 is 0. The van der Waals surface area contributed by atoms with Crippen LogP contribution in [0.1, 0.15) is 25.3 Å². The van der Waals surface area contributed by atoms with Gasteiger partial charge in [0.1, 0.15) is 0 Å². The zero-order chi connectivity index (χ0) is 13.5. The Kier molecular flexibility index (Phi) is 5.31. The van der Waals surface area contributed by atoms with Gasteiger partial charge in [-0.15, -0.1) is 0 Å². The second kappa shape index (κ2) is 7.22. The van der Waals surface area contributed by atoms with Crippen LogP contribution in [0.5, 0.6) is 0 Å². The van der Waals surface area contributed by atoms with Crippen LogP contribution < -0.4 is 5.32 Å². The van der Waals surface area contributed by atoms with Crippen molar-refractivity contribution in [2.75, 3.05) is 13.2 Å². The maximum atomic E-state index is 8.94. The lowest BCUT2D eigenvalue weighted by Crippen LogP contribution is -2.16. The summed E-state index contributed by atoms with van der Waals surface area (Å²) in [5.74, 6) is 0.412. The van der Waals surface area contributed by atoms with E-state index < -0.39 is 0 Å². The van der Waals surface area contributed by atoms with E-state index in [4.69, 9.17) is 5.11 Å². The lowest BCUT2D eigenvalue weighted by molar-refractivity contribution is 0.228. The first-order chi connectivity index (χ1) is 9.29. The van der Waals surface area contributed by atoms with Crippen molar-refractivity contribution >= 4 is 10.8 Å². The minimum Gasteiger partial charge on any atom is -0.396 e. The van der Waals surface area contributed by atoms with Gasteiger partial charge in [0, 0.05) is 30.9 Å². The Bertz CT molecular complexity index is 513. The molecule has 0 aliphatic rings. The minimum absolute atomic E-state index is 0.290. The third-order valence-corrected chi connectivity index (χ3v) is 3.40. The largest absolute Gasteiger partial charge is 0.396 e. The predicted molar refractivity (Wildman–Crippen MR) is 78.9 cm³/mol. The van der Waals surface area contributed by atoms with E-state index in [0.717, 1.165) is 25.9 Å². The first-order valence-corrected chi connectivity index (χ1v) is 6.94. The molecule has 0 saturated carbocycles. The van der Waals surface area contributed by atoms with Gasteiger partial charge in [0.15, 0.2) is 0 Å². The molecule has 1 atom stereocenters. The van der Waals surface area contributed by atoms with Gasteiger partial charge in [0.2, 0.25) is 0 Å². The molecule has 0 bridgehead atoms. The van der Waals surface area contributed by atoms with Crippen LogP contribution >= 0.6 is 0 Å². The van der Waals surface area contributed by atoms with Gasteiger partial charge in [0.25, 0.3) is 0 Å². The topological polar surface area (TPSA) is 45.1 Å². The Labute approximate surface area is 114 Å². The molecule has 19 heavy (non-hydrogen) atoms. The van der Waals surface area contributed by atoms with E-state index >= 15 is 0 Å². The van der Waals surface area contributed by atoms with Gasteiger partial charge >= 0.3 is 0 Å². The fraction of sp³-hybridized carbons (Fsp3) is 0.438. The van der Waals surface area contributed by atoms with Gasteiger partial charge in [0.05, 0.1) is 0 Å². The summed E-state index contributed by atoms with van der Waals surface area (Å²) in [6.07, 6.45) is 5.91. The monoisotopic (exact) mass is 258 g/mol. The molecule has 0 saturated heterocycles. The molecule has 1 aromatic carbocycles. The van der Waals surface area contributed by atoms with Crippen LogP contribution in [0.25, 0.3) is 10.8 Å². The Balaban J connectivity index is 1.78. The van der Waals surface area contributed by atoms with Crippen molar-refractivity contribution in [1.82, 2.24) is 10.3 Å². The third kappa shape index (κ3) is 4.30. The lowest BCUT2D eigenvalue weighted by atomic mass is 10.1. The van der Waals surface area contributed by atoms with Crippen LogP contribution in [0.3, 0.4) is 0 Å². The van der Waals surface area contributed by atoms with Crippen molar-refractivity contribution in [3.05, 3.63) is 42.2 Å². The molecule has 1 aromatic heterocycles. The van der Waals surface area contributed by atoms with Crippen molar-refractivity contribution in [3.63, 3.8) is 0 Å². The zero-order valence-electron chi connectivity index (χ0n) is 11.5. The maximum Gasteiger partial charge on any atom is 0.0456 e. The van der Waals surface area contributed by atoms with Crippen molar-refractivity contribution < 1.29 is 5.11 Å². The molecule has 0 amide bonds. The summed E-state index contributed by atoms with van der Waals surface area (Å²) in [5, 5.41) is 14.8. The van der Waals surface area contributed by atoms with E-state index in [-0.39, 0.29) is 0 Å². The number of rotatable bonds is 7. The highest BCUT2D eigenvalue weighted by Gasteiger charge is 1.99.